The van der Waals surface area contributed by atoms with Crippen molar-refractivity contribution in [1.82, 2.24) is 4.98 Å². The van der Waals surface area contributed by atoms with E-state index < -0.39 is 22.7 Å². The highest BCUT2D eigenvalue weighted by atomic mass is 32.2. The van der Waals surface area contributed by atoms with Crippen molar-refractivity contribution in [3.8, 4) is 0 Å². The minimum Gasteiger partial charge on any atom is -0.618 e. The molecule has 2 aromatic heterocycles. The Morgan fingerprint density at radius 2 is 2.21 bits per heavy atom. The van der Waals surface area contributed by atoms with Crippen molar-refractivity contribution in [2.75, 3.05) is 6.61 Å². The van der Waals surface area contributed by atoms with E-state index in [1.807, 2.05) is 0 Å². The molecular weight excluding hydrogens is 365 g/mol. The largest absolute Gasteiger partial charge is 0.618 e. The normalized spacial score (nSPS) is 11.5. The van der Waals surface area contributed by atoms with E-state index in [1.54, 1.807) is 13.8 Å². The Balaban J connectivity index is 2.28. The number of aryl methyl sites for hydroxylation is 1. The molecule has 2 aromatic rings. The van der Waals surface area contributed by atoms with Gasteiger partial charge in [0.2, 0.25) is 0 Å². The van der Waals surface area contributed by atoms with E-state index in [0.29, 0.717) is 22.3 Å². The molecule has 0 aromatic carbocycles. The maximum Gasteiger partial charge on any atom is 0.423 e. The van der Waals surface area contributed by atoms with Crippen molar-refractivity contribution in [2.45, 2.75) is 35.8 Å². The fraction of sp³-hybridized carbons (Fsp3) is 0.357. The highest BCUT2D eigenvalue weighted by Gasteiger charge is 2.38. The number of halogens is 3. The zero-order valence-corrected chi connectivity index (χ0v) is 14.3. The van der Waals surface area contributed by atoms with Gasteiger partial charge in [-0.15, -0.1) is 11.3 Å². The Kier molecular flexibility index (Phi) is 5.70. The summed E-state index contributed by atoms with van der Waals surface area (Å²) in [4.78, 5) is 16.3. The quantitative estimate of drug-likeness (QED) is 0.453. The number of thiazole rings is 1. The number of hydrogen-bond donors (Lipinski definition) is 0. The number of alkyl halides is 3. The van der Waals surface area contributed by atoms with Crippen LogP contribution in [0.4, 0.5) is 13.2 Å². The van der Waals surface area contributed by atoms with Gasteiger partial charge in [0.15, 0.2) is 10.5 Å². The smallest absolute Gasteiger partial charge is 0.423 e. The summed E-state index contributed by atoms with van der Waals surface area (Å²) in [5.74, 6) is -0.435. The van der Waals surface area contributed by atoms with Crippen LogP contribution < -0.4 is 4.73 Å². The third-order valence-electron chi connectivity index (χ3n) is 2.89. The maximum atomic E-state index is 13.0. The van der Waals surface area contributed by atoms with E-state index in [1.165, 1.54) is 0 Å². The van der Waals surface area contributed by atoms with Crippen LogP contribution in [0.25, 0.3) is 0 Å². The molecule has 0 unspecified atom stereocenters. The van der Waals surface area contributed by atoms with Crippen LogP contribution in [0.2, 0.25) is 0 Å². The van der Waals surface area contributed by atoms with Crippen LogP contribution in [-0.4, -0.2) is 17.6 Å². The standard InChI is InChI=1S/C14H13F3N2O3S2/c1-3-22-11(20)7-10-8(2)18-13(23-10)24-12-9(14(15,16)17)5-4-6-19(12)21/h4-6H,3,7H2,1-2H3. The second-order valence-corrected chi connectivity index (χ2v) is 6.94. The summed E-state index contributed by atoms with van der Waals surface area (Å²) < 4.78 is 44.3. The van der Waals surface area contributed by atoms with Crippen molar-refractivity contribution in [2.24, 2.45) is 0 Å². The molecule has 0 aliphatic rings. The van der Waals surface area contributed by atoms with Gasteiger partial charge in [-0.1, -0.05) is 0 Å². The molecular formula is C14H13F3N2O3S2. The fourth-order valence-corrected chi connectivity index (χ4v) is 4.10. The highest BCUT2D eigenvalue weighted by molar-refractivity contribution is 8.00. The van der Waals surface area contributed by atoms with E-state index >= 15 is 0 Å². The van der Waals surface area contributed by atoms with Crippen LogP contribution in [0.3, 0.4) is 0 Å². The Bertz CT molecular complexity index is 747. The number of esters is 1. The molecule has 2 rings (SSSR count). The number of rotatable bonds is 5. The van der Waals surface area contributed by atoms with Crippen LogP contribution in [0.5, 0.6) is 0 Å². The second kappa shape index (κ2) is 7.39. The molecule has 130 valence electrons. The topological polar surface area (TPSA) is 66.1 Å². The van der Waals surface area contributed by atoms with Gasteiger partial charge in [-0.05, 0) is 19.9 Å². The first-order valence-electron chi connectivity index (χ1n) is 6.81. The fourth-order valence-electron chi connectivity index (χ4n) is 1.83. The van der Waals surface area contributed by atoms with Crippen LogP contribution in [0, 0.1) is 12.1 Å². The molecule has 0 bridgehead atoms. The van der Waals surface area contributed by atoms with Gasteiger partial charge in [0.05, 0.1) is 18.7 Å². The van der Waals surface area contributed by atoms with Crippen molar-refractivity contribution < 1.29 is 27.4 Å². The summed E-state index contributed by atoms with van der Waals surface area (Å²) in [7, 11) is 0. The molecule has 2 heterocycles. The van der Waals surface area contributed by atoms with Gasteiger partial charge in [-0.3, -0.25) is 4.79 Å². The van der Waals surface area contributed by atoms with E-state index in [-0.39, 0.29) is 22.1 Å². The van der Waals surface area contributed by atoms with Gasteiger partial charge < -0.3 is 9.94 Å². The summed E-state index contributed by atoms with van der Waals surface area (Å²) in [6, 6.07) is 1.88. The molecule has 5 nitrogen and oxygen atoms in total. The van der Waals surface area contributed by atoms with Gasteiger partial charge in [0.25, 0.3) is 5.03 Å². The van der Waals surface area contributed by atoms with Gasteiger partial charge in [0.1, 0.15) is 5.56 Å². The number of ether oxygens (including phenoxy) is 1. The van der Waals surface area contributed by atoms with Crippen LogP contribution in [0.1, 0.15) is 23.1 Å². The third-order valence-corrected chi connectivity index (χ3v) is 5.20. The van der Waals surface area contributed by atoms with E-state index in [9.17, 15) is 23.2 Å². The lowest BCUT2D eigenvalue weighted by atomic mass is 10.3. The number of carbonyl (C=O) groups excluding carboxylic acids is 1. The van der Waals surface area contributed by atoms with E-state index in [2.05, 4.69) is 4.98 Å². The molecule has 0 amide bonds. The van der Waals surface area contributed by atoms with E-state index in [4.69, 9.17) is 4.74 Å². The van der Waals surface area contributed by atoms with Crippen molar-refractivity contribution >= 4 is 29.1 Å². The van der Waals surface area contributed by atoms with E-state index in [0.717, 1.165) is 29.7 Å². The predicted octanol–water partition coefficient (Wildman–Crippen LogP) is 3.36. The zero-order valence-electron chi connectivity index (χ0n) is 12.7. The molecule has 0 spiro atoms. The minimum absolute atomic E-state index is 0.00378. The molecule has 24 heavy (non-hydrogen) atoms. The van der Waals surface area contributed by atoms with Crippen LogP contribution in [0.15, 0.2) is 27.7 Å². The van der Waals surface area contributed by atoms with Crippen molar-refractivity contribution in [3.63, 3.8) is 0 Å². The molecule has 0 fully saturated rings. The second-order valence-electron chi connectivity index (χ2n) is 4.62. The lowest BCUT2D eigenvalue weighted by Crippen LogP contribution is -2.31. The Morgan fingerprint density at radius 3 is 2.83 bits per heavy atom. The Hall–Kier alpha value is -1.81. The van der Waals surface area contributed by atoms with Gasteiger partial charge >= 0.3 is 12.1 Å². The monoisotopic (exact) mass is 378 g/mol. The molecule has 0 atom stereocenters. The SMILES string of the molecule is CCOC(=O)Cc1sc(Sc2c(C(F)(F)F)ccc[n+]2[O-])nc1C. The number of hydrogen-bond acceptors (Lipinski definition) is 6. The van der Waals surface area contributed by atoms with Crippen molar-refractivity contribution in [1.29, 1.82) is 0 Å². The number of pyridine rings is 1. The number of carbonyl (C=O) groups is 1. The molecule has 0 aliphatic heterocycles. The first-order valence-corrected chi connectivity index (χ1v) is 8.44. The average molecular weight is 378 g/mol. The summed E-state index contributed by atoms with van der Waals surface area (Å²) in [5, 5.41) is 11.2. The summed E-state index contributed by atoms with van der Waals surface area (Å²) >= 11 is 1.70. The summed E-state index contributed by atoms with van der Waals surface area (Å²) in [6.45, 7) is 3.57. The first-order chi connectivity index (χ1) is 11.2. The van der Waals surface area contributed by atoms with Gasteiger partial charge in [0, 0.05) is 22.7 Å². The minimum atomic E-state index is -4.64. The van der Waals surface area contributed by atoms with Crippen molar-refractivity contribution in [3.05, 3.63) is 39.7 Å². The van der Waals surface area contributed by atoms with Crippen LogP contribution >= 0.6 is 23.1 Å². The molecule has 0 aliphatic carbocycles. The third kappa shape index (κ3) is 4.38. The average Bonchev–Trinajstić information content (AvgIpc) is 2.80. The Morgan fingerprint density at radius 1 is 1.50 bits per heavy atom. The lowest BCUT2D eigenvalue weighted by molar-refractivity contribution is -0.647. The first kappa shape index (κ1) is 18.5. The lowest BCUT2D eigenvalue weighted by Gasteiger charge is -2.10. The molecule has 0 saturated carbocycles. The Labute approximate surface area is 144 Å². The van der Waals surface area contributed by atoms with Gasteiger partial charge in [-0.25, -0.2) is 4.98 Å². The highest BCUT2D eigenvalue weighted by Crippen LogP contribution is 2.39. The van der Waals surface area contributed by atoms with Crippen LogP contribution in [-0.2, 0) is 22.1 Å². The number of aromatic nitrogens is 2. The molecule has 10 heteroatoms. The summed E-state index contributed by atoms with van der Waals surface area (Å²) in [5.41, 5.74) is -0.498. The molecule has 0 N–H and O–H groups in total. The van der Waals surface area contributed by atoms with Gasteiger partial charge in [-0.2, -0.15) is 17.9 Å². The summed E-state index contributed by atoms with van der Waals surface area (Å²) in [6.07, 6.45) is -3.65. The number of nitrogens with zero attached hydrogens (tertiary/aromatic N) is 2. The molecule has 0 radical (unpaired) electrons. The maximum absolute atomic E-state index is 13.0. The zero-order chi connectivity index (χ0) is 17.9. The predicted molar refractivity (Wildman–Crippen MR) is 81.7 cm³/mol. The molecule has 0 saturated heterocycles.